The summed E-state index contributed by atoms with van der Waals surface area (Å²) in [6.07, 6.45) is -0.800. The van der Waals surface area contributed by atoms with Gasteiger partial charge in [0.15, 0.2) is 12.0 Å². The summed E-state index contributed by atoms with van der Waals surface area (Å²) in [5.74, 6) is -0.925. The Hall–Kier alpha value is -2.05. The topological polar surface area (TPSA) is 75.7 Å². The molecule has 1 saturated heterocycles. The monoisotopic (exact) mass is 276 g/mol. The number of amides is 2. The van der Waals surface area contributed by atoms with Crippen molar-refractivity contribution < 1.29 is 19.1 Å². The van der Waals surface area contributed by atoms with Gasteiger partial charge in [0.05, 0.1) is 12.3 Å². The average molecular weight is 276 g/mol. The van der Waals surface area contributed by atoms with E-state index in [9.17, 15) is 14.4 Å². The molecule has 1 aromatic carbocycles. The lowest BCUT2D eigenvalue weighted by molar-refractivity contribution is -0.132. The number of imide groups is 1. The number of benzene rings is 1. The number of nitrogens with one attached hydrogen (secondary N) is 1. The standard InChI is InChI=1S/C14H16N2O4/c1-9(17)11-3-5-12(6-4-11)16(10(2)18)14(19)13-15-7-8-20-13/h3-6,13,15H,7-8H2,1-2H3. The van der Waals surface area contributed by atoms with Gasteiger partial charge in [-0.25, -0.2) is 4.90 Å². The number of hydrogen-bond donors (Lipinski definition) is 1. The summed E-state index contributed by atoms with van der Waals surface area (Å²) in [7, 11) is 0. The molecule has 0 radical (unpaired) electrons. The Morgan fingerprint density at radius 1 is 1.20 bits per heavy atom. The second-order valence-corrected chi connectivity index (χ2v) is 4.50. The molecule has 1 aliphatic rings. The highest BCUT2D eigenvalue weighted by atomic mass is 16.5. The number of anilines is 1. The van der Waals surface area contributed by atoms with Crippen molar-refractivity contribution in [3.05, 3.63) is 29.8 Å². The van der Waals surface area contributed by atoms with Crippen LogP contribution in [0.2, 0.25) is 0 Å². The van der Waals surface area contributed by atoms with Crippen LogP contribution in [0.25, 0.3) is 0 Å². The summed E-state index contributed by atoms with van der Waals surface area (Å²) in [6, 6.07) is 6.32. The average Bonchev–Trinajstić information content (AvgIpc) is 2.93. The van der Waals surface area contributed by atoms with Crippen molar-refractivity contribution in [2.24, 2.45) is 0 Å². The fourth-order valence-electron chi connectivity index (χ4n) is 2.01. The molecule has 1 aromatic rings. The molecule has 0 aromatic heterocycles. The van der Waals surface area contributed by atoms with E-state index in [1.165, 1.54) is 13.8 Å². The van der Waals surface area contributed by atoms with Gasteiger partial charge in [-0.05, 0) is 31.2 Å². The fourth-order valence-corrected chi connectivity index (χ4v) is 2.01. The van der Waals surface area contributed by atoms with Gasteiger partial charge in [0.1, 0.15) is 0 Å². The van der Waals surface area contributed by atoms with Crippen molar-refractivity contribution in [2.75, 3.05) is 18.1 Å². The van der Waals surface area contributed by atoms with Gasteiger partial charge in [0.2, 0.25) is 5.91 Å². The maximum Gasteiger partial charge on any atom is 0.277 e. The molecule has 6 nitrogen and oxygen atoms in total. The minimum Gasteiger partial charge on any atom is -0.352 e. The van der Waals surface area contributed by atoms with E-state index in [2.05, 4.69) is 5.32 Å². The number of nitrogens with zero attached hydrogens (tertiary/aromatic N) is 1. The lowest BCUT2D eigenvalue weighted by Crippen LogP contribution is -2.46. The van der Waals surface area contributed by atoms with E-state index in [0.29, 0.717) is 24.4 Å². The first kappa shape index (κ1) is 14.4. The van der Waals surface area contributed by atoms with Gasteiger partial charge >= 0.3 is 0 Å². The molecule has 20 heavy (non-hydrogen) atoms. The number of carbonyl (C=O) groups is 3. The fraction of sp³-hybridized carbons (Fsp3) is 0.357. The highest BCUT2D eigenvalue weighted by Gasteiger charge is 2.31. The molecule has 0 aliphatic carbocycles. The molecular formula is C14H16N2O4. The SMILES string of the molecule is CC(=O)c1ccc(N(C(C)=O)C(=O)C2NCCO2)cc1. The van der Waals surface area contributed by atoms with Crippen molar-refractivity contribution in [3.63, 3.8) is 0 Å². The zero-order chi connectivity index (χ0) is 14.7. The van der Waals surface area contributed by atoms with Crippen LogP contribution in [0.4, 0.5) is 5.69 Å². The largest absolute Gasteiger partial charge is 0.352 e. The van der Waals surface area contributed by atoms with Crippen LogP contribution in [0.1, 0.15) is 24.2 Å². The summed E-state index contributed by atoms with van der Waals surface area (Å²) in [4.78, 5) is 36.2. The molecule has 1 aliphatic heterocycles. The van der Waals surface area contributed by atoms with Crippen molar-refractivity contribution in [2.45, 2.75) is 20.1 Å². The predicted molar refractivity (Wildman–Crippen MR) is 72.4 cm³/mol. The number of ketones is 1. The highest BCUT2D eigenvalue weighted by molar-refractivity contribution is 6.15. The molecule has 0 saturated carbocycles. The Morgan fingerprint density at radius 3 is 2.30 bits per heavy atom. The summed E-state index contributed by atoms with van der Waals surface area (Å²) in [5, 5.41) is 2.87. The number of Topliss-reactive ketones (excluding diaryl/α,β-unsaturated/α-hetero) is 1. The number of carbonyl (C=O) groups excluding carboxylic acids is 3. The van der Waals surface area contributed by atoms with Gasteiger partial charge in [-0.15, -0.1) is 0 Å². The van der Waals surface area contributed by atoms with E-state index in [0.717, 1.165) is 4.90 Å². The summed E-state index contributed by atoms with van der Waals surface area (Å²) < 4.78 is 5.22. The van der Waals surface area contributed by atoms with Crippen LogP contribution in [-0.2, 0) is 14.3 Å². The molecule has 1 atom stereocenters. The first-order valence-electron chi connectivity index (χ1n) is 6.31. The molecule has 0 bridgehead atoms. The van der Waals surface area contributed by atoms with Gasteiger partial charge < -0.3 is 4.74 Å². The lowest BCUT2D eigenvalue weighted by Gasteiger charge is -2.22. The number of ether oxygens (including phenoxy) is 1. The predicted octanol–water partition coefficient (Wildman–Crippen LogP) is 0.715. The second-order valence-electron chi connectivity index (χ2n) is 4.50. The minimum absolute atomic E-state index is 0.0713. The van der Waals surface area contributed by atoms with Gasteiger partial charge in [0, 0.05) is 19.0 Å². The van der Waals surface area contributed by atoms with Gasteiger partial charge in [-0.2, -0.15) is 0 Å². The first-order valence-corrected chi connectivity index (χ1v) is 6.31. The van der Waals surface area contributed by atoms with E-state index in [-0.39, 0.29) is 5.78 Å². The third-order valence-electron chi connectivity index (χ3n) is 3.01. The normalized spacial score (nSPS) is 17.8. The molecule has 1 unspecified atom stereocenters. The van der Waals surface area contributed by atoms with Crippen LogP contribution in [0.3, 0.4) is 0 Å². The van der Waals surface area contributed by atoms with E-state index in [4.69, 9.17) is 4.74 Å². The Morgan fingerprint density at radius 2 is 1.85 bits per heavy atom. The minimum atomic E-state index is -0.800. The first-order chi connectivity index (χ1) is 9.50. The van der Waals surface area contributed by atoms with Crippen molar-refractivity contribution >= 4 is 23.3 Å². The third-order valence-corrected chi connectivity index (χ3v) is 3.01. The molecule has 2 amide bonds. The van der Waals surface area contributed by atoms with Crippen molar-refractivity contribution in [3.8, 4) is 0 Å². The molecule has 1 N–H and O–H groups in total. The Labute approximate surface area is 116 Å². The molecular weight excluding hydrogens is 260 g/mol. The highest BCUT2D eigenvalue weighted by Crippen LogP contribution is 2.18. The Balaban J connectivity index is 2.26. The molecule has 0 spiro atoms. The van der Waals surface area contributed by atoms with E-state index in [1.54, 1.807) is 24.3 Å². The second kappa shape index (κ2) is 5.94. The van der Waals surface area contributed by atoms with Crippen LogP contribution < -0.4 is 10.2 Å². The molecule has 1 fully saturated rings. The van der Waals surface area contributed by atoms with Crippen molar-refractivity contribution in [1.29, 1.82) is 0 Å². The summed E-state index contributed by atoms with van der Waals surface area (Å²) in [5.41, 5.74) is 0.949. The van der Waals surface area contributed by atoms with Gasteiger partial charge in [-0.3, -0.25) is 19.7 Å². The Kier molecular flexibility index (Phi) is 4.26. The summed E-state index contributed by atoms with van der Waals surface area (Å²) >= 11 is 0. The van der Waals surface area contributed by atoms with E-state index >= 15 is 0 Å². The number of rotatable bonds is 3. The zero-order valence-electron chi connectivity index (χ0n) is 11.4. The molecule has 2 rings (SSSR count). The maximum atomic E-state index is 12.3. The van der Waals surface area contributed by atoms with Crippen LogP contribution >= 0.6 is 0 Å². The molecule has 6 heteroatoms. The summed E-state index contributed by atoms with van der Waals surface area (Å²) in [6.45, 7) is 3.78. The van der Waals surface area contributed by atoms with Crippen LogP contribution in [0.15, 0.2) is 24.3 Å². The quantitative estimate of drug-likeness (QED) is 0.823. The van der Waals surface area contributed by atoms with Crippen LogP contribution in [-0.4, -0.2) is 37.0 Å². The third kappa shape index (κ3) is 2.92. The van der Waals surface area contributed by atoms with Crippen LogP contribution in [0, 0.1) is 0 Å². The molecule has 106 valence electrons. The van der Waals surface area contributed by atoms with Gasteiger partial charge in [0.25, 0.3) is 5.91 Å². The van der Waals surface area contributed by atoms with Crippen molar-refractivity contribution in [1.82, 2.24) is 5.32 Å². The molecule has 1 heterocycles. The Bertz CT molecular complexity index is 533. The van der Waals surface area contributed by atoms with E-state index < -0.39 is 18.0 Å². The zero-order valence-corrected chi connectivity index (χ0v) is 11.4. The smallest absolute Gasteiger partial charge is 0.277 e. The lowest BCUT2D eigenvalue weighted by atomic mass is 10.1. The van der Waals surface area contributed by atoms with Gasteiger partial charge in [-0.1, -0.05) is 0 Å². The maximum absolute atomic E-state index is 12.3. The van der Waals surface area contributed by atoms with E-state index in [1.807, 2.05) is 0 Å². The number of hydrogen-bond acceptors (Lipinski definition) is 5. The van der Waals surface area contributed by atoms with Crippen LogP contribution in [0.5, 0.6) is 0 Å².